The molecule has 0 radical (unpaired) electrons. The van der Waals surface area contributed by atoms with E-state index < -0.39 is 9.29 Å². The Morgan fingerprint density at radius 2 is 1.70 bits per heavy atom. The average molecular weight is 263 g/mol. The molecule has 0 fully saturated rings. The molecule has 0 aromatic heterocycles. The summed E-state index contributed by atoms with van der Waals surface area (Å²) in [6, 6.07) is 0. The van der Waals surface area contributed by atoms with Crippen LogP contribution in [0, 0.1) is 0 Å². The summed E-state index contributed by atoms with van der Waals surface area (Å²) in [7, 11) is 0. The molecule has 0 heterocycles. The van der Waals surface area contributed by atoms with Crippen molar-refractivity contribution in [1.82, 2.24) is 0 Å². The second-order valence-electron chi connectivity index (χ2n) is 1.41. The lowest BCUT2D eigenvalue weighted by Crippen LogP contribution is -1.94. The van der Waals surface area contributed by atoms with E-state index in [1.165, 1.54) is 0 Å². The summed E-state index contributed by atoms with van der Waals surface area (Å²) >= 11 is 27.5. The molecular formula is C3H5Cl5NP. The molecule has 0 spiro atoms. The number of hydrogen-bond donors (Lipinski definition) is 0. The van der Waals surface area contributed by atoms with Crippen molar-refractivity contribution >= 4 is 63.0 Å². The minimum atomic E-state index is -2.76. The first kappa shape index (κ1) is 11.7. The van der Waals surface area contributed by atoms with Crippen molar-refractivity contribution in [3.8, 4) is 0 Å². The molecule has 0 amide bonds. The minimum Gasteiger partial charge on any atom is -0.270 e. The first-order valence-corrected chi connectivity index (χ1v) is 7.04. The van der Waals surface area contributed by atoms with Crippen LogP contribution in [0.25, 0.3) is 0 Å². The SMILES string of the molecule is CCN=P(Cl)(Cl)C(Cl)(Cl)Cl. The lowest BCUT2D eigenvalue weighted by Gasteiger charge is -2.16. The van der Waals surface area contributed by atoms with E-state index in [9.17, 15) is 0 Å². The molecule has 0 aliphatic carbocycles. The second-order valence-corrected chi connectivity index (χ2v) is 9.86. The Labute approximate surface area is 84.6 Å². The summed E-state index contributed by atoms with van der Waals surface area (Å²) in [6.07, 6.45) is 0. The maximum absolute atomic E-state index is 5.63. The molecule has 0 saturated heterocycles. The van der Waals surface area contributed by atoms with Crippen LogP contribution in [0.3, 0.4) is 0 Å². The van der Waals surface area contributed by atoms with Gasteiger partial charge in [0.25, 0.3) is 3.53 Å². The summed E-state index contributed by atoms with van der Waals surface area (Å²) < 4.78 is 2.11. The van der Waals surface area contributed by atoms with Crippen molar-refractivity contribution in [3.05, 3.63) is 0 Å². The van der Waals surface area contributed by atoms with Gasteiger partial charge in [-0.2, -0.15) is 0 Å². The van der Waals surface area contributed by atoms with Crippen LogP contribution in [-0.2, 0) is 0 Å². The molecule has 0 aromatic rings. The Morgan fingerprint density at radius 1 is 1.30 bits per heavy atom. The Morgan fingerprint density at radius 3 is 1.80 bits per heavy atom. The average Bonchev–Trinajstić information content (AvgIpc) is 1.61. The monoisotopic (exact) mass is 261 g/mol. The normalized spacial score (nSPS) is 13.4. The van der Waals surface area contributed by atoms with E-state index in [-0.39, 0.29) is 0 Å². The van der Waals surface area contributed by atoms with Crippen LogP contribution in [0.1, 0.15) is 6.92 Å². The van der Waals surface area contributed by atoms with Gasteiger partial charge >= 0.3 is 0 Å². The van der Waals surface area contributed by atoms with Crippen LogP contribution in [0.5, 0.6) is 0 Å². The fourth-order valence-electron chi connectivity index (χ4n) is 0.258. The lowest BCUT2D eigenvalue weighted by molar-refractivity contribution is 1.15. The molecule has 0 aromatic carbocycles. The third-order valence-corrected chi connectivity index (χ3v) is 7.79. The lowest BCUT2D eigenvalue weighted by atomic mass is 10.8. The molecule has 0 aliphatic heterocycles. The molecular weight excluding hydrogens is 258 g/mol. The molecule has 0 unspecified atom stereocenters. The highest BCUT2D eigenvalue weighted by atomic mass is 35.9. The van der Waals surface area contributed by atoms with Gasteiger partial charge in [0.2, 0.25) is 0 Å². The zero-order valence-electron chi connectivity index (χ0n) is 4.99. The maximum Gasteiger partial charge on any atom is 0.250 e. The van der Waals surface area contributed by atoms with Gasteiger partial charge in [0.15, 0.2) is 5.76 Å². The summed E-state index contributed by atoms with van der Waals surface area (Å²) in [5, 5.41) is 0. The van der Waals surface area contributed by atoms with E-state index in [0.717, 1.165) is 0 Å². The quantitative estimate of drug-likeness (QED) is 0.474. The van der Waals surface area contributed by atoms with Crippen LogP contribution in [0.15, 0.2) is 4.74 Å². The molecule has 7 heteroatoms. The van der Waals surface area contributed by atoms with Gasteiger partial charge in [-0.05, 0) is 6.92 Å². The maximum atomic E-state index is 5.63. The Hall–Kier alpha value is 1.68. The summed E-state index contributed by atoms with van der Waals surface area (Å²) in [5.74, 6) is -2.76. The second kappa shape index (κ2) is 4.07. The summed E-state index contributed by atoms with van der Waals surface area (Å²) in [5.41, 5.74) is 0. The van der Waals surface area contributed by atoms with Crippen molar-refractivity contribution in [1.29, 1.82) is 0 Å². The smallest absolute Gasteiger partial charge is 0.250 e. The molecule has 0 N–H and O–H groups in total. The van der Waals surface area contributed by atoms with Crippen LogP contribution in [0.2, 0.25) is 0 Å². The van der Waals surface area contributed by atoms with Gasteiger partial charge < -0.3 is 0 Å². The number of rotatable bonds is 1. The molecule has 0 atom stereocenters. The standard InChI is InChI=1S/C3H5Cl5NP/c1-2-9-10(7,8)3(4,5)6/h2H2,1H3. The predicted molar refractivity (Wildman–Crippen MR) is 51.9 cm³/mol. The van der Waals surface area contributed by atoms with Crippen LogP contribution in [0.4, 0.5) is 0 Å². The molecule has 10 heavy (non-hydrogen) atoms. The number of halogens is 5. The van der Waals surface area contributed by atoms with Gasteiger partial charge in [0.1, 0.15) is 0 Å². The number of hydrogen-bond acceptors (Lipinski definition) is 1. The van der Waals surface area contributed by atoms with E-state index in [1.807, 2.05) is 0 Å². The first-order valence-electron chi connectivity index (χ1n) is 2.35. The number of nitrogens with zero attached hydrogens (tertiary/aromatic N) is 1. The minimum absolute atomic E-state index is 0.453. The third-order valence-electron chi connectivity index (χ3n) is 0.624. The molecule has 0 saturated carbocycles. The molecule has 0 bridgehead atoms. The summed E-state index contributed by atoms with van der Waals surface area (Å²) in [4.78, 5) is 0. The number of alkyl halides is 3. The highest BCUT2D eigenvalue weighted by Crippen LogP contribution is 2.74. The first-order chi connectivity index (χ1) is 4.31. The third kappa shape index (κ3) is 3.38. The van der Waals surface area contributed by atoms with Crippen LogP contribution >= 0.6 is 63.0 Å². The van der Waals surface area contributed by atoms with E-state index >= 15 is 0 Å². The van der Waals surface area contributed by atoms with Crippen molar-refractivity contribution in [3.63, 3.8) is 0 Å². The van der Waals surface area contributed by atoms with Gasteiger partial charge in [-0.1, -0.05) is 57.3 Å². The van der Waals surface area contributed by atoms with Crippen LogP contribution in [-0.4, -0.2) is 10.1 Å². The zero-order chi connectivity index (χ0) is 8.41. The largest absolute Gasteiger partial charge is 0.270 e. The Kier molecular flexibility index (Phi) is 4.75. The van der Waals surface area contributed by atoms with Crippen molar-refractivity contribution in [2.24, 2.45) is 4.74 Å². The zero-order valence-corrected chi connectivity index (χ0v) is 9.67. The fraction of sp³-hybridized carbons (Fsp3) is 1.00. The highest BCUT2D eigenvalue weighted by Gasteiger charge is 2.37. The van der Waals surface area contributed by atoms with Crippen molar-refractivity contribution in [2.75, 3.05) is 6.54 Å². The van der Waals surface area contributed by atoms with Crippen LogP contribution < -0.4 is 0 Å². The predicted octanol–water partition coefficient (Wildman–Crippen LogP) is 4.84. The van der Waals surface area contributed by atoms with Crippen molar-refractivity contribution < 1.29 is 0 Å². The van der Waals surface area contributed by atoms with Gasteiger partial charge in [0.05, 0.1) is 0 Å². The van der Waals surface area contributed by atoms with E-state index in [0.29, 0.717) is 6.54 Å². The summed E-state index contributed by atoms with van der Waals surface area (Å²) in [6.45, 7) is 2.23. The van der Waals surface area contributed by atoms with Gasteiger partial charge in [-0.3, -0.25) is 4.74 Å². The van der Waals surface area contributed by atoms with Gasteiger partial charge in [-0.25, -0.2) is 0 Å². The van der Waals surface area contributed by atoms with Gasteiger partial charge in [-0.15, -0.1) is 0 Å². The highest BCUT2D eigenvalue weighted by molar-refractivity contribution is 8.13. The Bertz CT molecular complexity index is 155. The van der Waals surface area contributed by atoms with E-state index in [1.54, 1.807) is 6.92 Å². The van der Waals surface area contributed by atoms with E-state index in [4.69, 9.17) is 57.3 Å². The Balaban J connectivity index is 4.57. The topological polar surface area (TPSA) is 12.4 Å². The van der Waals surface area contributed by atoms with Gasteiger partial charge in [0, 0.05) is 6.54 Å². The fourth-order valence-corrected chi connectivity index (χ4v) is 1.90. The molecule has 62 valence electrons. The van der Waals surface area contributed by atoms with Crippen molar-refractivity contribution in [2.45, 2.75) is 10.5 Å². The van der Waals surface area contributed by atoms with E-state index in [2.05, 4.69) is 4.74 Å². The molecule has 0 aliphatic rings. The molecule has 0 rings (SSSR count). The molecule has 1 nitrogen and oxygen atoms in total.